The lowest BCUT2D eigenvalue weighted by Gasteiger charge is -2.28. The highest BCUT2D eigenvalue weighted by molar-refractivity contribution is 9.10. The molecule has 2 aromatic rings. The van der Waals surface area contributed by atoms with Crippen molar-refractivity contribution < 1.29 is 9.47 Å². The van der Waals surface area contributed by atoms with Gasteiger partial charge >= 0.3 is 0 Å². The summed E-state index contributed by atoms with van der Waals surface area (Å²) in [5.74, 6) is -0.127. The van der Waals surface area contributed by atoms with E-state index in [1.807, 2.05) is 37.3 Å². The number of nitrogens with zero attached hydrogens (tertiary/aromatic N) is 2. The molecule has 0 aliphatic carbocycles. The van der Waals surface area contributed by atoms with Gasteiger partial charge in [0.15, 0.2) is 0 Å². The van der Waals surface area contributed by atoms with Crippen LogP contribution in [0, 0.1) is 18.3 Å². The third-order valence-electron chi connectivity index (χ3n) is 5.28. The lowest BCUT2D eigenvalue weighted by Crippen LogP contribution is -2.35. The van der Waals surface area contributed by atoms with Crippen LogP contribution in [0.15, 0.2) is 51.1 Å². The van der Waals surface area contributed by atoms with Crippen molar-refractivity contribution in [2.45, 2.75) is 38.3 Å². The molecule has 2 aliphatic rings. The van der Waals surface area contributed by atoms with Gasteiger partial charge in [0, 0.05) is 22.8 Å². The summed E-state index contributed by atoms with van der Waals surface area (Å²) in [5, 5.41) is 9.72. The predicted octanol–water partition coefficient (Wildman–Crippen LogP) is 3.32. The fraction of sp³-hybridized carbons (Fsp3) is 0.333. The third kappa shape index (κ3) is 3.23. The largest absolute Gasteiger partial charge is 0.440 e. The van der Waals surface area contributed by atoms with Crippen LogP contribution in [0.5, 0.6) is 5.75 Å². The predicted molar refractivity (Wildman–Crippen MR) is 108 cm³/mol. The van der Waals surface area contributed by atoms with Crippen molar-refractivity contribution in [2.24, 2.45) is 5.73 Å². The van der Waals surface area contributed by atoms with Gasteiger partial charge in [-0.1, -0.05) is 28.1 Å². The molecule has 0 saturated carbocycles. The summed E-state index contributed by atoms with van der Waals surface area (Å²) in [5.41, 5.74) is 8.13. The maximum absolute atomic E-state index is 13.5. The highest BCUT2D eigenvalue weighted by atomic mass is 79.9. The fourth-order valence-corrected chi connectivity index (χ4v) is 4.34. The number of hydrogen-bond acceptors (Lipinski definition) is 5. The molecule has 1 saturated heterocycles. The van der Waals surface area contributed by atoms with Gasteiger partial charge in [0.2, 0.25) is 5.88 Å². The van der Waals surface area contributed by atoms with E-state index < -0.39 is 5.92 Å². The van der Waals surface area contributed by atoms with Crippen LogP contribution in [-0.2, 0) is 11.3 Å². The molecule has 0 unspecified atom stereocenters. The molecule has 1 fully saturated rings. The van der Waals surface area contributed by atoms with Crippen molar-refractivity contribution in [1.29, 1.82) is 5.26 Å². The number of allylic oxidation sites excluding steroid dienone is 1. The molecule has 1 aromatic heterocycles. The number of nitrogens with two attached hydrogens (primary N) is 1. The minimum atomic E-state index is -0.574. The van der Waals surface area contributed by atoms with Crippen molar-refractivity contribution in [3.8, 4) is 11.8 Å². The topological polar surface area (TPSA) is 90.3 Å². The van der Waals surface area contributed by atoms with Gasteiger partial charge in [0.25, 0.3) is 5.56 Å². The molecule has 2 N–H and O–H groups in total. The van der Waals surface area contributed by atoms with Gasteiger partial charge < -0.3 is 19.8 Å². The number of pyridine rings is 1. The van der Waals surface area contributed by atoms with Gasteiger partial charge in [-0.3, -0.25) is 4.79 Å². The summed E-state index contributed by atoms with van der Waals surface area (Å²) < 4.78 is 14.0. The average Bonchev–Trinajstić information content (AvgIpc) is 3.17. The van der Waals surface area contributed by atoms with Crippen LogP contribution >= 0.6 is 15.9 Å². The van der Waals surface area contributed by atoms with Crippen LogP contribution in [0.4, 0.5) is 0 Å². The van der Waals surface area contributed by atoms with Crippen LogP contribution in [0.1, 0.15) is 35.6 Å². The molecular formula is C21H20BrN3O3. The summed E-state index contributed by atoms with van der Waals surface area (Å²) in [4.78, 5) is 13.5. The molecule has 144 valence electrons. The van der Waals surface area contributed by atoms with E-state index in [-0.39, 0.29) is 23.1 Å². The van der Waals surface area contributed by atoms with E-state index in [0.717, 1.165) is 35.2 Å². The van der Waals surface area contributed by atoms with Gasteiger partial charge in [0.05, 0.1) is 24.1 Å². The molecule has 0 amide bonds. The van der Waals surface area contributed by atoms with Gasteiger partial charge in [0.1, 0.15) is 17.4 Å². The maximum atomic E-state index is 13.5. The highest BCUT2D eigenvalue weighted by Crippen LogP contribution is 2.41. The number of nitriles is 1. The van der Waals surface area contributed by atoms with Crippen LogP contribution in [-0.4, -0.2) is 17.3 Å². The number of benzene rings is 1. The van der Waals surface area contributed by atoms with E-state index in [2.05, 4.69) is 22.0 Å². The lowest BCUT2D eigenvalue weighted by atomic mass is 9.84. The number of rotatable bonds is 3. The molecule has 0 radical (unpaired) electrons. The summed E-state index contributed by atoms with van der Waals surface area (Å²) in [6.07, 6.45) is 1.97. The van der Waals surface area contributed by atoms with E-state index in [1.165, 1.54) is 0 Å². The van der Waals surface area contributed by atoms with Crippen molar-refractivity contribution in [2.75, 3.05) is 6.61 Å². The molecule has 0 bridgehead atoms. The zero-order valence-corrected chi connectivity index (χ0v) is 17.0. The molecule has 3 heterocycles. The Balaban J connectivity index is 1.90. The zero-order valence-electron chi connectivity index (χ0n) is 15.4. The van der Waals surface area contributed by atoms with E-state index in [4.69, 9.17) is 15.2 Å². The number of fused-ring (bicyclic) bond motifs is 1. The van der Waals surface area contributed by atoms with Crippen molar-refractivity contribution in [3.63, 3.8) is 0 Å². The standard InChI is InChI=1S/C21H20BrN3O3/c1-12-8-17-19(21(26)25(12)11-15-6-3-7-27-15)18(16(10-23)20(24)28-17)13-4-2-5-14(22)9-13/h2,4-5,8-9,15,18H,3,6-7,11,24H2,1H3/t15-,18-/m0/s1. The Hall–Kier alpha value is -2.56. The Bertz CT molecular complexity index is 1060. The van der Waals surface area contributed by atoms with Gasteiger partial charge in [-0.05, 0) is 37.5 Å². The first-order valence-electron chi connectivity index (χ1n) is 9.18. The Labute approximate surface area is 171 Å². The summed E-state index contributed by atoms with van der Waals surface area (Å²) in [6, 6.07) is 11.5. The summed E-state index contributed by atoms with van der Waals surface area (Å²) >= 11 is 3.47. The fourth-order valence-electron chi connectivity index (χ4n) is 3.92. The number of hydrogen-bond donors (Lipinski definition) is 1. The quantitative estimate of drug-likeness (QED) is 0.788. The molecule has 2 atom stereocenters. The molecule has 0 spiro atoms. The minimum absolute atomic E-state index is 0.0272. The molecule has 2 aliphatic heterocycles. The van der Waals surface area contributed by atoms with Crippen LogP contribution in [0.25, 0.3) is 0 Å². The second-order valence-corrected chi connectivity index (χ2v) is 8.01. The van der Waals surface area contributed by atoms with Crippen LogP contribution in [0.2, 0.25) is 0 Å². The lowest BCUT2D eigenvalue weighted by molar-refractivity contribution is 0.0955. The molecule has 1 aromatic carbocycles. The van der Waals surface area contributed by atoms with Crippen LogP contribution in [0.3, 0.4) is 0 Å². The number of ether oxygens (including phenoxy) is 2. The summed E-state index contributed by atoms with van der Waals surface area (Å²) in [6.45, 7) is 3.09. The monoisotopic (exact) mass is 441 g/mol. The molecule has 4 rings (SSSR count). The number of aromatic nitrogens is 1. The Kier molecular flexibility index (Phi) is 5.00. The second-order valence-electron chi connectivity index (χ2n) is 7.09. The first kappa shape index (κ1) is 18.8. The van der Waals surface area contributed by atoms with E-state index >= 15 is 0 Å². The molecule has 7 heteroatoms. The van der Waals surface area contributed by atoms with E-state index in [0.29, 0.717) is 17.9 Å². The Morgan fingerprint density at radius 3 is 2.89 bits per heavy atom. The second kappa shape index (κ2) is 7.46. The van der Waals surface area contributed by atoms with E-state index in [1.54, 1.807) is 4.57 Å². The molecule has 6 nitrogen and oxygen atoms in total. The smallest absolute Gasteiger partial charge is 0.258 e. The first-order chi connectivity index (χ1) is 13.5. The Morgan fingerprint density at radius 2 is 2.21 bits per heavy atom. The molecular weight excluding hydrogens is 422 g/mol. The van der Waals surface area contributed by atoms with Crippen molar-refractivity contribution in [1.82, 2.24) is 4.57 Å². The normalized spacial score (nSPS) is 21.2. The first-order valence-corrected chi connectivity index (χ1v) is 9.98. The zero-order chi connectivity index (χ0) is 19.8. The SMILES string of the molecule is Cc1cc2c(c(=O)n1C[C@@H]1CCCO1)[C@@H](c1cccc(Br)c1)C(C#N)=C(N)O2. The maximum Gasteiger partial charge on any atom is 0.258 e. The van der Waals surface area contributed by atoms with Gasteiger partial charge in [-0.2, -0.15) is 5.26 Å². The van der Waals surface area contributed by atoms with E-state index in [9.17, 15) is 10.1 Å². The van der Waals surface area contributed by atoms with Gasteiger partial charge in [-0.15, -0.1) is 0 Å². The third-order valence-corrected chi connectivity index (χ3v) is 5.78. The van der Waals surface area contributed by atoms with Gasteiger partial charge in [-0.25, -0.2) is 0 Å². The minimum Gasteiger partial charge on any atom is -0.440 e. The van der Waals surface area contributed by atoms with Crippen molar-refractivity contribution >= 4 is 15.9 Å². The average molecular weight is 442 g/mol. The van der Waals surface area contributed by atoms with Crippen LogP contribution < -0.4 is 16.0 Å². The summed E-state index contributed by atoms with van der Waals surface area (Å²) in [7, 11) is 0. The molecule has 28 heavy (non-hydrogen) atoms. The highest BCUT2D eigenvalue weighted by Gasteiger charge is 2.34. The van der Waals surface area contributed by atoms with Crippen molar-refractivity contribution in [3.05, 3.63) is 73.4 Å². The number of halogens is 1. The Morgan fingerprint density at radius 1 is 1.39 bits per heavy atom. The number of aryl methyl sites for hydroxylation is 1.